The molecule has 0 spiro atoms. The van der Waals surface area contributed by atoms with Gasteiger partial charge in [0, 0.05) is 0 Å². The van der Waals surface area contributed by atoms with Gasteiger partial charge < -0.3 is 0 Å². The van der Waals surface area contributed by atoms with E-state index >= 15 is 0 Å². The summed E-state index contributed by atoms with van der Waals surface area (Å²) in [5.74, 6) is 0. The molecule has 0 fully saturated rings. The average molecular weight is 212 g/mol. The second-order valence-electron chi connectivity index (χ2n) is 3.87. The summed E-state index contributed by atoms with van der Waals surface area (Å²) in [5.41, 5.74) is 2.67. The van der Waals surface area contributed by atoms with Gasteiger partial charge in [-0.25, -0.2) is 8.78 Å². The quantitative estimate of drug-likeness (QED) is 0.669. The fourth-order valence-corrected chi connectivity index (χ4v) is 1.72. The SMILES string of the molecule is C[Si](C)(C=Cc1ccccc1)C(F)F. The zero-order chi connectivity index (χ0) is 10.6. The number of halogens is 2. The van der Waals surface area contributed by atoms with Gasteiger partial charge in [-0.3, -0.25) is 0 Å². The highest BCUT2D eigenvalue weighted by atomic mass is 28.3. The van der Waals surface area contributed by atoms with Crippen LogP contribution in [-0.4, -0.2) is 14.1 Å². The summed E-state index contributed by atoms with van der Waals surface area (Å²) >= 11 is 0. The number of hydrogen-bond donors (Lipinski definition) is 0. The molecule has 0 unspecified atom stereocenters. The predicted octanol–water partition coefficient (Wildman–Crippen LogP) is 3.75. The summed E-state index contributed by atoms with van der Waals surface area (Å²) in [6, 6.07) is 7.33. The fraction of sp³-hybridized carbons (Fsp3) is 0.273. The van der Waals surface area contributed by atoms with Gasteiger partial charge in [-0.1, -0.05) is 55.2 Å². The molecule has 0 saturated carbocycles. The third-order valence-corrected chi connectivity index (χ3v) is 4.22. The smallest absolute Gasteiger partial charge is 0.215 e. The molecule has 1 aromatic carbocycles. The first-order chi connectivity index (χ1) is 6.52. The minimum atomic E-state index is -2.48. The molecule has 0 heterocycles. The van der Waals surface area contributed by atoms with Crippen LogP contribution in [0.4, 0.5) is 8.78 Å². The fourth-order valence-electron chi connectivity index (χ4n) is 0.948. The molecule has 0 nitrogen and oxygen atoms in total. The van der Waals surface area contributed by atoms with Gasteiger partial charge in [0.2, 0.25) is 6.05 Å². The molecule has 0 saturated heterocycles. The van der Waals surface area contributed by atoms with Gasteiger partial charge in [0.05, 0.1) is 0 Å². The molecular formula is C11H14F2Si. The molecule has 14 heavy (non-hydrogen) atoms. The van der Waals surface area contributed by atoms with Crippen LogP contribution < -0.4 is 0 Å². The van der Waals surface area contributed by atoms with E-state index < -0.39 is 14.1 Å². The first-order valence-corrected chi connectivity index (χ1v) is 7.70. The summed E-state index contributed by atoms with van der Waals surface area (Å²) in [6.45, 7) is 3.33. The Labute approximate surface area is 84.3 Å². The van der Waals surface area contributed by atoms with Crippen molar-refractivity contribution in [3.05, 3.63) is 41.6 Å². The minimum Gasteiger partial charge on any atom is -0.215 e. The lowest BCUT2D eigenvalue weighted by Gasteiger charge is -2.15. The van der Waals surface area contributed by atoms with Crippen LogP contribution in [0.15, 0.2) is 36.0 Å². The molecule has 1 rings (SSSR count). The maximum Gasteiger partial charge on any atom is 0.224 e. The van der Waals surface area contributed by atoms with Gasteiger partial charge in [-0.15, -0.1) is 0 Å². The Bertz CT molecular complexity index is 304. The first-order valence-electron chi connectivity index (χ1n) is 4.55. The number of benzene rings is 1. The van der Waals surface area contributed by atoms with Gasteiger partial charge >= 0.3 is 0 Å². The molecule has 0 aliphatic rings. The highest BCUT2D eigenvalue weighted by Gasteiger charge is 2.29. The molecule has 0 aromatic heterocycles. The van der Waals surface area contributed by atoms with Crippen molar-refractivity contribution in [2.75, 3.05) is 0 Å². The van der Waals surface area contributed by atoms with Crippen molar-refractivity contribution < 1.29 is 8.78 Å². The zero-order valence-electron chi connectivity index (χ0n) is 8.37. The summed E-state index contributed by atoms with van der Waals surface area (Å²) in [7, 11) is -2.48. The Morgan fingerprint density at radius 3 is 2.21 bits per heavy atom. The van der Waals surface area contributed by atoms with Crippen LogP contribution in [0.1, 0.15) is 5.56 Å². The lowest BCUT2D eigenvalue weighted by atomic mass is 10.2. The van der Waals surface area contributed by atoms with Crippen molar-refractivity contribution in [2.24, 2.45) is 0 Å². The van der Waals surface area contributed by atoms with E-state index in [0.717, 1.165) is 5.56 Å². The van der Waals surface area contributed by atoms with Gasteiger partial charge in [0.15, 0.2) is 8.07 Å². The number of rotatable bonds is 3. The van der Waals surface area contributed by atoms with Crippen LogP contribution in [0, 0.1) is 0 Å². The first kappa shape index (κ1) is 11.1. The van der Waals surface area contributed by atoms with Crippen molar-refractivity contribution in [3.8, 4) is 0 Å². The van der Waals surface area contributed by atoms with E-state index in [0.29, 0.717) is 0 Å². The number of alkyl halides is 2. The van der Waals surface area contributed by atoms with Crippen molar-refractivity contribution in [1.29, 1.82) is 0 Å². The largest absolute Gasteiger partial charge is 0.224 e. The normalized spacial score (nSPS) is 12.6. The zero-order valence-corrected chi connectivity index (χ0v) is 9.37. The van der Waals surface area contributed by atoms with Crippen LogP contribution in [0.5, 0.6) is 0 Å². The standard InChI is InChI=1S/C11H14F2Si/c1-14(2,11(12)13)9-8-10-6-4-3-5-7-10/h3-9,11H,1-2H3. The van der Waals surface area contributed by atoms with Gasteiger partial charge in [-0.2, -0.15) is 0 Å². The molecular weight excluding hydrogens is 198 g/mol. The molecule has 0 atom stereocenters. The van der Waals surface area contributed by atoms with E-state index in [1.165, 1.54) is 0 Å². The highest BCUT2D eigenvalue weighted by Crippen LogP contribution is 2.16. The van der Waals surface area contributed by atoms with E-state index in [-0.39, 0.29) is 0 Å². The topological polar surface area (TPSA) is 0 Å². The molecule has 0 bridgehead atoms. The van der Waals surface area contributed by atoms with E-state index in [1.54, 1.807) is 24.9 Å². The van der Waals surface area contributed by atoms with Crippen LogP contribution >= 0.6 is 0 Å². The third kappa shape index (κ3) is 3.07. The van der Waals surface area contributed by atoms with Crippen LogP contribution in [0.3, 0.4) is 0 Å². The monoisotopic (exact) mass is 212 g/mol. The molecule has 76 valence electrons. The van der Waals surface area contributed by atoms with Crippen LogP contribution in [0.25, 0.3) is 6.08 Å². The summed E-state index contributed by atoms with van der Waals surface area (Å²) in [6.07, 6.45) is 1.79. The van der Waals surface area contributed by atoms with E-state index in [4.69, 9.17) is 0 Å². The Kier molecular flexibility index (Phi) is 3.58. The molecule has 0 amide bonds. The molecule has 1 aromatic rings. The molecule has 0 radical (unpaired) electrons. The van der Waals surface area contributed by atoms with Gasteiger partial charge in [0.1, 0.15) is 0 Å². The van der Waals surface area contributed by atoms with E-state index in [1.807, 2.05) is 30.3 Å². The Morgan fingerprint density at radius 1 is 1.14 bits per heavy atom. The number of hydrogen-bond acceptors (Lipinski definition) is 0. The maximum atomic E-state index is 12.5. The van der Waals surface area contributed by atoms with Crippen molar-refractivity contribution in [3.63, 3.8) is 0 Å². The summed E-state index contributed by atoms with van der Waals surface area (Å²) in [4.78, 5) is 0. The summed E-state index contributed by atoms with van der Waals surface area (Å²) in [5, 5.41) is 0. The lowest BCUT2D eigenvalue weighted by molar-refractivity contribution is 0.230. The maximum absolute atomic E-state index is 12.5. The lowest BCUT2D eigenvalue weighted by Crippen LogP contribution is -2.33. The van der Waals surface area contributed by atoms with Crippen molar-refractivity contribution in [2.45, 2.75) is 19.1 Å². The van der Waals surface area contributed by atoms with E-state index in [2.05, 4.69) is 0 Å². The van der Waals surface area contributed by atoms with Crippen molar-refractivity contribution in [1.82, 2.24) is 0 Å². The highest BCUT2D eigenvalue weighted by molar-refractivity contribution is 6.83. The van der Waals surface area contributed by atoms with E-state index in [9.17, 15) is 8.78 Å². The minimum absolute atomic E-state index is 0.980. The van der Waals surface area contributed by atoms with Crippen LogP contribution in [-0.2, 0) is 0 Å². The second-order valence-corrected chi connectivity index (χ2v) is 8.28. The third-order valence-electron chi connectivity index (χ3n) is 2.07. The average Bonchev–Trinajstić information content (AvgIpc) is 2.16. The van der Waals surface area contributed by atoms with Crippen LogP contribution in [0.2, 0.25) is 13.1 Å². The predicted molar refractivity (Wildman–Crippen MR) is 59.0 cm³/mol. The molecule has 0 N–H and O–H groups in total. The van der Waals surface area contributed by atoms with Gasteiger partial charge in [0.25, 0.3) is 0 Å². The Balaban J connectivity index is 2.74. The molecule has 3 heteroatoms. The summed E-state index contributed by atoms with van der Waals surface area (Å²) < 4.78 is 25.1. The Hall–Kier alpha value is -0.963. The Morgan fingerprint density at radius 2 is 1.71 bits per heavy atom. The van der Waals surface area contributed by atoms with Gasteiger partial charge in [-0.05, 0) is 5.56 Å². The second kappa shape index (κ2) is 4.51. The van der Waals surface area contributed by atoms with Crippen molar-refractivity contribution >= 4 is 14.1 Å². The molecule has 0 aliphatic carbocycles. The molecule has 0 aliphatic heterocycles.